The van der Waals surface area contributed by atoms with Crippen molar-refractivity contribution in [3.8, 4) is 5.75 Å². The van der Waals surface area contributed by atoms with Crippen LogP contribution in [0.15, 0.2) is 39.4 Å². The first-order chi connectivity index (χ1) is 8.56. The molecule has 0 amide bonds. The van der Waals surface area contributed by atoms with E-state index in [0.717, 1.165) is 4.47 Å². The lowest BCUT2D eigenvalue weighted by atomic mass is 10.3. The number of hydrogen-bond donors (Lipinski definition) is 1. The second-order valence-electron chi connectivity index (χ2n) is 3.47. The first kappa shape index (κ1) is 13.0. The van der Waals surface area contributed by atoms with Crippen LogP contribution in [-0.4, -0.2) is 11.1 Å². The van der Waals surface area contributed by atoms with Gasteiger partial charge >= 0.3 is 5.97 Å². The Kier molecular flexibility index (Phi) is 3.93. The Labute approximate surface area is 116 Å². The van der Waals surface area contributed by atoms with Crippen molar-refractivity contribution in [3.05, 3.63) is 51.3 Å². The van der Waals surface area contributed by atoms with Crippen molar-refractivity contribution >= 4 is 33.5 Å². The average molecular weight is 332 g/mol. The first-order valence-corrected chi connectivity index (χ1v) is 6.12. The molecular weight excluding hydrogens is 323 g/mol. The predicted octanol–water partition coefficient (Wildman–Crippen LogP) is 3.97. The van der Waals surface area contributed by atoms with E-state index in [0.29, 0.717) is 16.5 Å². The van der Waals surface area contributed by atoms with Crippen molar-refractivity contribution in [2.24, 2.45) is 0 Å². The maximum Gasteiger partial charge on any atom is 0.338 e. The largest absolute Gasteiger partial charge is 0.484 e. The van der Waals surface area contributed by atoms with Gasteiger partial charge in [0.05, 0.1) is 10.6 Å². The van der Waals surface area contributed by atoms with Gasteiger partial charge < -0.3 is 14.3 Å². The lowest BCUT2D eigenvalue weighted by molar-refractivity contribution is 0.0696. The van der Waals surface area contributed by atoms with E-state index in [-0.39, 0.29) is 12.2 Å². The summed E-state index contributed by atoms with van der Waals surface area (Å²) in [7, 11) is 0. The number of rotatable bonds is 4. The molecule has 1 N–H and O–H groups in total. The minimum atomic E-state index is -1.04. The van der Waals surface area contributed by atoms with Crippen LogP contribution in [0.1, 0.15) is 16.1 Å². The summed E-state index contributed by atoms with van der Waals surface area (Å²) >= 11 is 9.25. The summed E-state index contributed by atoms with van der Waals surface area (Å²) in [5.41, 5.74) is 0.0916. The Morgan fingerprint density at radius 2 is 2.22 bits per heavy atom. The van der Waals surface area contributed by atoms with E-state index in [1.54, 1.807) is 18.2 Å². The quantitative estimate of drug-likeness (QED) is 0.921. The van der Waals surface area contributed by atoms with Crippen molar-refractivity contribution in [1.29, 1.82) is 0 Å². The van der Waals surface area contributed by atoms with Crippen molar-refractivity contribution in [2.75, 3.05) is 0 Å². The van der Waals surface area contributed by atoms with Crippen LogP contribution in [0.3, 0.4) is 0 Å². The van der Waals surface area contributed by atoms with Crippen molar-refractivity contribution in [1.82, 2.24) is 0 Å². The van der Waals surface area contributed by atoms with Crippen LogP contribution in [0.5, 0.6) is 5.75 Å². The topological polar surface area (TPSA) is 59.7 Å². The predicted molar refractivity (Wildman–Crippen MR) is 69.2 cm³/mol. The standard InChI is InChI=1S/C12H8BrClO4/c13-8-1-2-10(14)11(4-8)18-6-9-3-7(5-17-9)12(15)16/h1-5H,6H2,(H,15,16). The normalized spacial score (nSPS) is 10.3. The minimum absolute atomic E-state index is 0.0916. The molecule has 0 saturated carbocycles. The molecule has 1 aromatic heterocycles. The summed E-state index contributed by atoms with van der Waals surface area (Å²) in [4.78, 5) is 10.7. The SMILES string of the molecule is O=C(O)c1coc(COc2cc(Br)ccc2Cl)c1. The summed E-state index contributed by atoms with van der Waals surface area (Å²) in [5, 5.41) is 9.21. The summed E-state index contributed by atoms with van der Waals surface area (Å²) in [6.45, 7) is 0.115. The van der Waals surface area contributed by atoms with Gasteiger partial charge in [0.1, 0.15) is 24.4 Å². The average Bonchev–Trinajstić information content (AvgIpc) is 2.79. The Morgan fingerprint density at radius 1 is 1.44 bits per heavy atom. The van der Waals surface area contributed by atoms with Gasteiger partial charge in [0.2, 0.25) is 0 Å². The molecule has 1 aromatic carbocycles. The van der Waals surface area contributed by atoms with Crippen LogP contribution in [-0.2, 0) is 6.61 Å². The summed E-state index contributed by atoms with van der Waals surface area (Å²) < 4.78 is 11.3. The Morgan fingerprint density at radius 3 is 2.89 bits per heavy atom. The van der Waals surface area contributed by atoms with E-state index in [2.05, 4.69) is 15.9 Å². The molecule has 0 unspecified atom stereocenters. The Hall–Kier alpha value is -1.46. The molecule has 0 fully saturated rings. The summed E-state index contributed by atoms with van der Waals surface area (Å²) in [5.74, 6) is -0.117. The summed E-state index contributed by atoms with van der Waals surface area (Å²) in [6, 6.07) is 6.63. The molecule has 2 aromatic rings. The molecule has 0 aliphatic carbocycles. The Bertz CT molecular complexity index is 579. The molecule has 94 valence electrons. The number of hydrogen-bond acceptors (Lipinski definition) is 3. The number of benzene rings is 1. The van der Waals surface area contributed by atoms with E-state index in [4.69, 9.17) is 25.9 Å². The molecule has 1 heterocycles. The van der Waals surface area contributed by atoms with Gasteiger partial charge in [-0.05, 0) is 24.3 Å². The maximum absolute atomic E-state index is 10.7. The zero-order chi connectivity index (χ0) is 13.1. The van der Waals surface area contributed by atoms with Gasteiger partial charge in [-0.3, -0.25) is 0 Å². The molecule has 0 saturated heterocycles. The Balaban J connectivity index is 2.06. The molecule has 18 heavy (non-hydrogen) atoms. The summed E-state index contributed by atoms with van der Waals surface area (Å²) in [6.07, 6.45) is 1.17. The third kappa shape index (κ3) is 3.05. The highest BCUT2D eigenvalue weighted by atomic mass is 79.9. The number of carboxylic acid groups (broad SMARTS) is 1. The number of furan rings is 1. The molecule has 0 aliphatic heterocycles. The van der Waals surface area contributed by atoms with E-state index in [1.807, 2.05) is 0 Å². The van der Waals surface area contributed by atoms with Gasteiger partial charge in [-0.25, -0.2) is 4.79 Å². The molecular formula is C12H8BrClO4. The van der Waals surface area contributed by atoms with E-state index in [9.17, 15) is 4.79 Å². The number of ether oxygens (including phenoxy) is 1. The number of carboxylic acids is 1. The zero-order valence-electron chi connectivity index (χ0n) is 9.02. The van der Waals surface area contributed by atoms with Gasteiger partial charge in [-0.2, -0.15) is 0 Å². The maximum atomic E-state index is 10.7. The van der Waals surface area contributed by atoms with Gasteiger partial charge in [0, 0.05) is 4.47 Å². The van der Waals surface area contributed by atoms with Crippen LogP contribution >= 0.6 is 27.5 Å². The molecule has 6 heteroatoms. The number of aromatic carboxylic acids is 1. The van der Waals surface area contributed by atoms with Crippen molar-refractivity contribution in [2.45, 2.75) is 6.61 Å². The van der Waals surface area contributed by atoms with Crippen molar-refractivity contribution < 1.29 is 19.1 Å². The third-order valence-corrected chi connectivity index (χ3v) is 2.97. The molecule has 0 spiro atoms. The number of halogens is 2. The highest BCUT2D eigenvalue weighted by Gasteiger charge is 2.09. The molecule has 2 rings (SSSR count). The first-order valence-electron chi connectivity index (χ1n) is 4.95. The van der Waals surface area contributed by atoms with Crippen LogP contribution in [0.25, 0.3) is 0 Å². The van der Waals surface area contributed by atoms with Crippen LogP contribution < -0.4 is 4.74 Å². The van der Waals surface area contributed by atoms with Gasteiger partial charge in [0.15, 0.2) is 0 Å². The highest BCUT2D eigenvalue weighted by molar-refractivity contribution is 9.10. The molecule has 4 nitrogen and oxygen atoms in total. The fraction of sp³-hybridized carbons (Fsp3) is 0.0833. The second-order valence-corrected chi connectivity index (χ2v) is 4.79. The van der Waals surface area contributed by atoms with E-state index in [1.165, 1.54) is 12.3 Å². The lowest BCUT2D eigenvalue weighted by Crippen LogP contribution is -1.95. The van der Waals surface area contributed by atoms with Crippen LogP contribution in [0, 0.1) is 0 Å². The van der Waals surface area contributed by atoms with E-state index >= 15 is 0 Å². The van der Waals surface area contributed by atoms with Crippen LogP contribution in [0.4, 0.5) is 0 Å². The molecule has 0 aliphatic rings. The van der Waals surface area contributed by atoms with E-state index < -0.39 is 5.97 Å². The smallest absolute Gasteiger partial charge is 0.338 e. The molecule has 0 atom stereocenters. The molecule has 0 bridgehead atoms. The van der Waals surface area contributed by atoms with Gasteiger partial charge in [-0.1, -0.05) is 27.5 Å². The zero-order valence-corrected chi connectivity index (χ0v) is 11.4. The van der Waals surface area contributed by atoms with Gasteiger partial charge in [-0.15, -0.1) is 0 Å². The lowest BCUT2D eigenvalue weighted by Gasteiger charge is -2.06. The highest BCUT2D eigenvalue weighted by Crippen LogP contribution is 2.28. The minimum Gasteiger partial charge on any atom is -0.484 e. The molecule has 0 radical (unpaired) electrons. The van der Waals surface area contributed by atoms with Crippen LogP contribution in [0.2, 0.25) is 5.02 Å². The fourth-order valence-corrected chi connectivity index (χ4v) is 1.82. The number of carbonyl (C=O) groups is 1. The van der Waals surface area contributed by atoms with Crippen molar-refractivity contribution in [3.63, 3.8) is 0 Å². The van der Waals surface area contributed by atoms with Gasteiger partial charge in [0.25, 0.3) is 0 Å². The fourth-order valence-electron chi connectivity index (χ4n) is 1.31. The second kappa shape index (κ2) is 5.46. The monoisotopic (exact) mass is 330 g/mol. The third-order valence-electron chi connectivity index (χ3n) is 2.16.